The SMILES string of the molecule is Cc1cccc(CCC(=O)Cn2nc(-c3ccc(Cl)cc3)n(Cc3ccc(F)cc3)c2=O)c1. The van der Waals surface area contributed by atoms with E-state index in [1.165, 1.54) is 21.4 Å². The molecule has 33 heavy (non-hydrogen) atoms. The largest absolute Gasteiger partial charge is 0.346 e. The van der Waals surface area contributed by atoms with Gasteiger partial charge in [0.15, 0.2) is 11.6 Å². The summed E-state index contributed by atoms with van der Waals surface area (Å²) in [4.78, 5) is 25.8. The Balaban J connectivity index is 1.59. The minimum atomic E-state index is -0.395. The summed E-state index contributed by atoms with van der Waals surface area (Å²) in [5.41, 5.74) is 3.28. The summed E-state index contributed by atoms with van der Waals surface area (Å²) in [5.74, 6) is -0.000839. The standard InChI is InChI=1S/C26H23ClFN3O2/c1-18-3-2-4-19(15-18)7-14-24(32)17-31-26(33)30(16-20-5-12-23(28)13-6-20)25(29-31)21-8-10-22(27)11-9-21/h2-6,8-13,15H,7,14,16-17H2,1H3. The van der Waals surface area contributed by atoms with Crippen molar-refractivity contribution in [3.8, 4) is 11.4 Å². The molecule has 3 aromatic carbocycles. The highest BCUT2D eigenvalue weighted by atomic mass is 35.5. The Labute approximate surface area is 196 Å². The van der Waals surface area contributed by atoms with Gasteiger partial charge in [-0.2, -0.15) is 0 Å². The average Bonchev–Trinajstić information content (AvgIpc) is 3.09. The summed E-state index contributed by atoms with van der Waals surface area (Å²) in [5, 5.41) is 5.03. The maximum Gasteiger partial charge on any atom is 0.346 e. The molecule has 0 aliphatic rings. The lowest BCUT2D eigenvalue weighted by Crippen LogP contribution is -2.28. The molecule has 0 fully saturated rings. The zero-order chi connectivity index (χ0) is 23.4. The van der Waals surface area contributed by atoms with Crippen LogP contribution in [0.3, 0.4) is 0 Å². The first-order valence-electron chi connectivity index (χ1n) is 10.6. The molecule has 0 aliphatic heterocycles. The van der Waals surface area contributed by atoms with Gasteiger partial charge in [0.05, 0.1) is 6.54 Å². The van der Waals surface area contributed by atoms with Crippen molar-refractivity contribution in [2.75, 3.05) is 0 Å². The lowest BCUT2D eigenvalue weighted by Gasteiger charge is -2.06. The van der Waals surface area contributed by atoms with E-state index in [1.807, 2.05) is 25.1 Å². The first-order valence-corrected chi connectivity index (χ1v) is 11.0. The maximum atomic E-state index is 13.3. The number of benzene rings is 3. The van der Waals surface area contributed by atoms with Gasteiger partial charge in [-0.25, -0.2) is 13.9 Å². The van der Waals surface area contributed by atoms with E-state index in [-0.39, 0.29) is 24.7 Å². The van der Waals surface area contributed by atoms with Gasteiger partial charge in [-0.05, 0) is 60.9 Å². The lowest BCUT2D eigenvalue weighted by atomic mass is 10.1. The van der Waals surface area contributed by atoms with Crippen molar-refractivity contribution in [1.29, 1.82) is 0 Å². The predicted molar refractivity (Wildman–Crippen MR) is 127 cm³/mol. The van der Waals surface area contributed by atoms with E-state index in [9.17, 15) is 14.0 Å². The molecule has 0 aliphatic carbocycles. The summed E-state index contributed by atoms with van der Waals surface area (Å²) >= 11 is 6.01. The summed E-state index contributed by atoms with van der Waals surface area (Å²) < 4.78 is 16.0. The van der Waals surface area contributed by atoms with Crippen LogP contribution in [0.4, 0.5) is 4.39 Å². The zero-order valence-corrected chi connectivity index (χ0v) is 18.9. The highest BCUT2D eigenvalue weighted by Gasteiger charge is 2.17. The maximum absolute atomic E-state index is 13.3. The molecule has 1 aromatic heterocycles. The van der Waals surface area contributed by atoms with Crippen molar-refractivity contribution >= 4 is 17.4 Å². The Kier molecular flexibility index (Phi) is 6.84. The van der Waals surface area contributed by atoms with Crippen LogP contribution in [-0.2, 0) is 24.3 Å². The second-order valence-corrected chi connectivity index (χ2v) is 8.45. The zero-order valence-electron chi connectivity index (χ0n) is 18.2. The Morgan fingerprint density at radius 1 is 1.00 bits per heavy atom. The number of aromatic nitrogens is 3. The van der Waals surface area contributed by atoms with Crippen LogP contribution in [-0.4, -0.2) is 20.1 Å². The highest BCUT2D eigenvalue weighted by Crippen LogP contribution is 2.20. The fourth-order valence-electron chi connectivity index (χ4n) is 3.67. The number of carbonyl (C=O) groups is 1. The Morgan fingerprint density at radius 3 is 2.42 bits per heavy atom. The summed E-state index contributed by atoms with van der Waals surface area (Å²) in [6.45, 7) is 2.10. The first kappa shape index (κ1) is 22.7. The van der Waals surface area contributed by atoms with Gasteiger partial charge in [-0.15, -0.1) is 5.10 Å². The number of nitrogens with zero attached hydrogens (tertiary/aromatic N) is 3. The molecule has 0 bridgehead atoms. The van der Waals surface area contributed by atoms with Gasteiger partial charge in [0.2, 0.25) is 0 Å². The van der Waals surface area contributed by atoms with Crippen molar-refractivity contribution in [2.45, 2.75) is 32.9 Å². The fourth-order valence-corrected chi connectivity index (χ4v) is 3.79. The van der Waals surface area contributed by atoms with E-state index in [2.05, 4.69) is 11.2 Å². The molecule has 0 spiro atoms. The summed E-state index contributed by atoms with van der Waals surface area (Å²) in [6, 6.07) is 20.9. The van der Waals surface area contributed by atoms with Crippen LogP contribution in [0.2, 0.25) is 5.02 Å². The highest BCUT2D eigenvalue weighted by molar-refractivity contribution is 6.30. The molecule has 1 heterocycles. The predicted octanol–water partition coefficient (Wildman–Crippen LogP) is 5.06. The van der Waals surface area contributed by atoms with Gasteiger partial charge >= 0.3 is 5.69 Å². The van der Waals surface area contributed by atoms with E-state index >= 15 is 0 Å². The summed E-state index contributed by atoms with van der Waals surface area (Å²) in [7, 11) is 0. The van der Waals surface area contributed by atoms with Crippen LogP contribution in [0.25, 0.3) is 11.4 Å². The second kappa shape index (κ2) is 9.96. The molecular weight excluding hydrogens is 441 g/mol. The molecule has 0 saturated carbocycles. The van der Waals surface area contributed by atoms with Crippen molar-refractivity contribution in [2.24, 2.45) is 0 Å². The third-order valence-corrected chi connectivity index (χ3v) is 5.63. The molecule has 0 atom stereocenters. The van der Waals surface area contributed by atoms with Crippen molar-refractivity contribution < 1.29 is 9.18 Å². The molecule has 0 N–H and O–H groups in total. The second-order valence-electron chi connectivity index (χ2n) is 8.01. The number of rotatable bonds is 8. The van der Waals surface area contributed by atoms with E-state index < -0.39 is 5.69 Å². The van der Waals surface area contributed by atoms with Crippen LogP contribution in [0, 0.1) is 12.7 Å². The van der Waals surface area contributed by atoms with Gasteiger partial charge in [-0.3, -0.25) is 9.36 Å². The van der Waals surface area contributed by atoms with Crippen LogP contribution in [0.5, 0.6) is 0 Å². The van der Waals surface area contributed by atoms with E-state index in [4.69, 9.17) is 11.6 Å². The third kappa shape index (κ3) is 5.65. The van der Waals surface area contributed by atoms with Gasteiger partial charge in [0.1, 0.15) is 12.4 Å². The van der Waals surface area contributed by atoms with Crippen molar-refractivity contribution in [3.05, 3.63) is 111 Å². The fraction of sp³-hybridized carbons (Fsp3) is 0.192. The minimum absolute atomic E-state index is 0.0762. The van der Waals surface area contributed by atoms with Crippen LogP contribution < -0.4 is 5.69 Å². The number of aryl methyl sites for hydroxylation is 2. The van der Waals surface area contributed by atoms with E-state index in [0.29, 0.717) is 29.3 Å². The van der Waals surface area contributed by atoms with E-state index in [1.54, 1.807) is 36.4 Å². The molecular formula is C26H23ClFN3O2. The molecule has 7 heteroatoms. The van der Waals surface area contributed by atoms with Crippen LogP contribution >= 0.6 is 11.6 Å². The Bertz CT molecular complexity index is 1330. The van der Waals surface area contributed by atoms with Crippen LogP contribution in [0.15, 0.2) is 77.6 Å². The molecule has 4 aromatic rings. The van der Waals surface area contributed by atoms with Crippen LogP contribution in [0.1, 0.15) is 23.1 Å². The third-order valence-electron chi connectivity index (χ3n) is 5.38. The Hall–Kier alpha value is -3.51. The number of Topliss-reactive ketones (excluding diaryl/α,β-unsaturated/α-hetero) is 1. The van der Waals surface area contributed by atoms with Crippen molar-refractivity contribution in [3.63, 3.8) is 0 Å². The lowest BCUT2D eigenvalue weighted by molar-refractivity contribution is -0.119. The molecule has 0 amide bonds. The van der Waals surface area contributed by atoms with Gasteiger partial charge in [0.25, 0.3) is 0 Å². The normalized spacial score (nSPS) is 11.0. The number of hydrogen-bond acceptors (Lipinski definition) is 3. The quantitative estimate of drug-likeness (QED) is 0.367. The number of hydrogen-bond donors (Lipinski definition) is 0. The molecule has 0 radical (unpaired) electrons. The monoisotopic (exact) mass is 463 g/mol. The molecule has 0 unspecified atom stereocenters. The molecule has 4 rings (SSSR count). The van der Waals surface area contributed by atoms with E-state index in [0.717, 1.165) is 16.7 Å². The number of halogens is 2. The molecule has 168 valence electrons. The molecule has 5 nitrogen and oxygen atoms in total. The minimum Gasteiger partial charge on any atom is -0.298 e. The summed E-state index contributed by atoms with van der Waals surface area (Å²) in [6.07, 6.45) is 0.923. The van der Waals surface area contributed by atoms with Gasteiger partial charge in [0, 0.05) is 17.0 Å². The number of ketones is 1. The van der Waals surface area contributed by atoms with Gasteiger partial charge < -0.3 is 0 Å². The smallest absolute Gasteiger partial charge is 0.298 e. The Morgan fingerprint density at radius 2 is 1.73 bits per heavy atom. The number of carbonyl (C=O) groups excluding carboxylic acids is 1. The van der Waals surface area contributed by atoms with Crippen molar-refractivity contribution in [1.82, 2.24) is 14.3 Å². The molecule has 0 saturated heterocycles. The average molecular weight is 464 g/mol. The first-order chi connectivity index (χ1) is 15.9. The van der Waals surface area contributed by atoms with Gasteiger partial charge in [-0.1, -0.05) is 53.6 Å². The topological polar surface area (TPSA) is 56.9 Å².